The van der Waals surface area contributed by atoms with Gasteiger partial charge in [0.1, 0.15) is 0 Å². The van der Waals surface area contributed by atoms with Gasteiger partial charge in [-0.25, -0.2) is 0 Å². The molecule has 2 saturated carbocycles. The fourth-order valence-corrected chi connectivity index (χ4v) is 7.58. The van der Waals surface area contributed by atoms with Crippen LogP contribution in [0.15, 0.2) is 42.5 Å². The van der Waals surface area contributed by atoms with Crippen molar-refractivity contribution in [1.82, 2.24) is 20.9 Å². The van der Waals surface area contributed by atoms with Gasteiger partial charge in [-0.15, -0.1) is 0 Å². The van der Waals surface area contributed by atoms with Gasteiger partial charge in [-0.2, -0.15) is 0 Å². The molecule has 1 heterocycles. The lowest BCUT2D eigenvalue weighted by Crippen LogP contribution is -2.51. The van der Waals surface area contributed by atoms with Gasteiger partial charge < -0.3 is 26.6 Å². The molecule has 8 heteroatoms. The molecule has 6 N–H and O–H groups in total. The lowest BCUT2D eigenvalue weighted by atomic mass is 9.67. The van der Waals surface area contributed by atoms with Gasteiger partial charge in [-0.3, -0.25) is 15.0 Å². The number of hydrogen-bond acceptors (Lipinski definition) is 4. The zero-order valence-corrected chi connectivity index (χ0v) is 23.9. The van der Waals surface area contributed by atoms with E-state index in [9.17, 15) is 9.59 Å². The third-order valence-electron chi connectivity index (χ3n) is 9.67. The summed E-state index contributed by atoms with van der Waals surface area (Å²) in [5, 5.41) is 19.2. The first kappa shape index (κ1) is 28.4. The normalized spacial score (nSPS) is 28.3. The monoisotopic (exact) mass is 546 g/mol. The van der Waals surface area contributed by atoms with Crippen LogP contribution < -0.4 is 21.7 Å². The SMILES string of the molecule is CCC1(CN2CC[C@@H](CNC(=O)c3ccc4ccccc4c3)N[C@@H](CCCNC(=N)N)C2=O)CC2CCC(C2)C1. The minimum Gasteiger partial charge on any atom is -0.370 e. The summed E-state index contributed by atoms with van der Waals surface area (Å²) in [6, 6.07) is 13.5. The zero-order valence-electron chi connectivity index (χ0n) is 23.9. The summed E-state index contributed by atoms with van der Waals surface area (Å²) in [5.74, 6) is 1.69. The molecule has 2 aromatic rings. The Labute approximate surface area is 238 Å². The van der Waals surface area contributed by atoms with Crippen LogP contribution in [0.4, 0.5) is 0 Å². The third kappa shape index (κ3) is 6.77. The molecule has 1 aliphatic heterocycles. The fourth-order valence-electron chi connectivity index (χ4n) is 7.58. The van der Waals surface area contributed by atoms with Gasteiger partial charge in [0.15, 0.2) is 5.96 Å². The Hall–Kier alpha value is -3.13. The topological polar surface area (TPSA) is 123 Å². The van der Waals surface area contributed by atoms with Crippen LogP contribution in [0, 0.1) is 22.7 Å². The van der Waals surface area contributed by atoms with Gasteiger partial charge in [-0.05, 0) is 85.1 Å². The Balaban J connectivity index is 1.25. The van der Waals surface area contributed by atoms with Crippen LogP contribution in [0.25, 0.3) is 10.8 Å². The van der Waals surface area contributed by atoms with Crippen LogP contribution in [0.1, 0.15) is 75.1 Å². The highest BCUT2D eigenvalue weighted by molar-refractivity contribution is 5.98. The molecule has 2 aliphatic carbocycles. The number of hydrogen-bond donors (Lipinski definition) is 5. The van der Waals surface area contributed by atoms with E-state index in [1.165, 1.54) is 32.1 Å². The maximum atomic E-state index is 13.9. The Morgan fingerprint density at radius 1 is 1.10 bits per heavy atom. The van der Waals surface area contributed by atoms with Crippen molar-refractivity contribution in [2.75, 3.05) is 26.2 Å². The number of carbonyl (C=O) groups is 2. The highest BCUT2D eigenvalue weighted by atomic mass is 16.2. The summed E-state index contributed by atoms with van der Waals surface area (Å²) < 4.78 is 0. The highest BCUT2D eigenvalue weighted by Gasteiger charge is 2.45. The number of fused-ring (bicyclic) bond motifs is 3. The molecule has 216 valence electrons. The van der Waals surface area contributed by atoms with Gasteiger partial charge in [0, 0.05) is 37.8 Å². The molecule has 3 aliphatic rings. The average Bonchev–Trinajstić information content (AvgIpc) is 3.24. The lowest BCUT2D eigenvalue weighted by Gasteiger charge is -2.43. The first-order chi connectivity index (χ1) is 19.3. The highest BCUT2D eigenvalue weighted by Crippen LogP contribution is 2.52. The second-order valence-electron chi connectivity index (χ2n) is 12.5. The molecular formula is C32H46N6O2. The molecule has 40 heavy (non-hydrogen) atoms. The summed E-state index contributed by atoms with van der Waals surface area (Å²) in [6.45, 7) is 4.89. The molecule has 8 nitrogen and oxygen atoms in total. The van der Waals surface area contributed by atoms with E-state index in [0.29, 0.717) is 31.6 Å². The summed E-state index contributed by atoms with van der Waals surface area (Å²) in [6.07, 6.45) is 9.89. The van der Waals surface area contributed by atoms with Crippen LogP contribution in [-0.2, 0) is 4.79 Å². The summed E-state index contributed by atoms with van der Waals surface area (Å²) in [7, 11) is 0. The van der Waals surface area contributed by atoms with Crippen molar-refractivity contribution < 1.29 is 9.59 Å². The largest absolute Gasteiger partial charge is 0.370 e. The van der Waals surface area contributed by atoms with Crippen molar-refractivity contribution in [1.29, 1.82) is 5.41 Å². The molecule has 0 spiro atoms. The Morgan fingerprint density at radius 2 is 1.85 bits per heavy atom. The first-order valence-corrected chi connectivity index (χ1v) is 15.2. The number of rotatable bonds is 10. The van der Waals surface area contributed by atoms with E-state index in [1.807, 2.05) is 42.5 Å². The predicted octanol–water partition coefficient (Wildman–Crippen LogP) is 4.00. The van der Waals surface area contributed by atoms with Crippen LogP contribution in [0.5, 0.6) is 0 Å². The average molecular weight is 547 g/mol. The molecule has 3 fully saturated rings. The Bertz CT molecular complexity index is 1200. The molecule has 2 unspecified atom stereocenters. The standard InChI is InChI=1S/C32H46N6O2/c1-2-32(18-22-9-10-23(16-22)19-32)21-38-15-13-27(37-28(30(38)40)8-5-14-35-31(33)34)20-36-29(39)26-12-11-24-6-3-4-7-25(24)17-26/h3-4,6-7,11-12,17,22-23,27-28,37H,2,5,8-10,13-16,18-21H2,1H3,(H,36,39)(H4,33,34,35)/t22?,23?,27-,28-,32?/m0/s1. The smallest absolute Gasteiger partial charge is 0.251 e. The van der Waals surface area contributed by atoms with Crippen LogP contribution in [0.3, 0.4) is 0 Å². The van der Waals surface area contributed by atoms with E-state index in [2.05, 4.69) is 27.8 Å². The maximum Gasteiger partial charge on any atom is 0.251 e. The quantitative estimate of drug-likeness (QED) is 0.175. The van der Waals surface area contributed by atoms with Gasteiger partial charge in [0.05, 0.1) is 6.04 Å². The number of guanidine groups is 1. The number of amides is 2. The minimum atomic E-state index is -0.312. The van der Waals surface area contributed by atoms with E-state index >= 15 is 0 Å². The summed E-state index contributed by atoms with van der Waals surface area (Å²) >= 11 is 0. The molecule has 2 amide bonds. The van der Waals surface area contributed by atoms with E-state index in [4.69, 9.17) is 11.1 Å². The predicted molar refractivity (Wildman–Crippen MR) is 160 cm³/mol. The number of nitrogens with two attached hydrogens (primary N) is 1. The third-order valence-corrected chi connectivity index (χ3v) is 9.67. The molecule has 1 saturated heterocycles. The van der Waals surface area contributed by atoms with E-state index in [-0.39, 0.29) is 35.3 Å². The van der Waals surface area contributed by atoms with E-state index in [1.54, 1.807) is 0 Å². The molecule has 0 radical (unpaired) electrons. The van der Waals surface area contributed by atoms with Crippen LogP contribution in [-0.4, -0.2) is 60.9 Å². The maximum absolute atomic E-state index is 13.9. The first-order valence-electron chi connectivity index (χ1n) is 15.2. The zero-order chi connectivity index (χ0) is 28.1. The summed E-state index contributed by atoms with van der Waals surface area (Å²) in [5.41, 5.74) is 6.33. The van der Waals surface area contributed by atoms with Crippen molar-refractivity contribution in [3.05, 3.63) is 48.0 Å². The molecule has 5 rings (SSSR count). The van der Waals surface area contributed by atoms with Crippen LogP contribution in [0.2, 0.25) is 0 Å². The Kier molecular flexibility index (Phi) is 8.94. The number of nitrogens with one attached hydrogen (secondary N) is 4. The second-order valence-corrected chi connectivity index (χ2v) is 12.5. The Morgan fingerprint density at radius 3 is 2.58 bits per heavy atom. The van der Waals surface area contributed by atoms with Gasteiger partial charge in [-0.1, -0.05) is 50.1 Å². The molecule has 4 atom stereocenters. The molecule has 0 aromatic heterocycles. The van der Waals surface area contributed by atoms with Crippen molar-refractivity contribution in [3.63, 3.8) is 0 Å². The van der Waals surface area contributed by atoms with Crippen molar-refractivity contribution >= 4 is 28.5 Å². The molecular weight excluding hydrogens is 500 g/mol. The summed E-state index contributed by atoms with van der Waals surface area (Å²) in [4.78, 5) is 29.1. The second kappa shape index (κ2) is 12.6. The number of benzene rings is 2. The van der Waals surface area contributed by atoms with Crippen molar-refractivity contribution in [2.24, 2.45) is 23.0 Å². The van der Waals surface area contributed by atoms with Crippen molar-refractivity contribution in [3.8, 4) is 0 Å². The van der Waals surface area contributed by atoms with E-state index < -0.39 is 0 Å². The molecule has 2 aromatic carbocycles. The fraction of sp³-hybridized carbons (Fsp3) is 0.594. The van der Waals surface area contributed by atoms with E-state index in [0.717, 1.165) is 48.4 Å². The van der Waals surface area contributed by atoms with Gasteiger partial charge in [0.25, 0.3) is 5.91 Å². The van der Waals surface area contributed by atoms with Crippen molar-refractivity contribution in [2.45, 2.75) is 76.8 Å². The van der Waals surface area contributed by atoms with Crippen LogP contribution >= 0.6 is 0 Å². The minimum absolute atomic E-state index is 0.00392. The molecule has 2 bridgehead atoms. The number of carbonyl (C=O) groups excluding carboxylic acids is 2. The van der Waals surface area contributed by atoms with Gasteiger partial charge in [0.2, 0.25) is 5.91 Å². The lowest BCUT2D eigenvalue weighted by molar-refractivity contribution is -0.135. The van der Waals surface area contributed by atoms with Gasteiger partial charge >= 0.3 is 0 Å². The number of nitrogens with zero attached hydrogens (tertiary/aromatic N) is 1.